The van der Waals surface area contributed by atoms with Gasteiger partial charge in [0.2, 0.25) is 0 Å². The summed E-state index contributed by atoms with van der Waals surface area (Å²) in [5, 5.41) is 9.03. The molecule has 0 radical (unpaired) electrons. The van der Waals surface area contributed by atoms with Gasteiger partial charge in [-0.15, -0.1) is 0 Å². The van der Waals surface area contributed by atoms with Crippen LogP contribution in [0.1, 0.15) is 34.7 Å². The van der Waals surface area contributed by atoms with E-state index in [1.807, 2.05) is 6.92 Å². The van der Waals surface area contributed by atoms with Crippen molar-refractivity contribution in [1.82, 2.24) is 15.5 Å². The number of nitrogens with zero attached hydrogens (tertiary/aromatic N) is 1. The monoisotopic (exact) mass is 339 g/mol. The first-order valence-corrected chi connectivity index (χ1v) is 7.23. The number of carbonyl (C=O) groups excluding carboxylic acids is 2. The van der Waals surface area contributed by atoms with Crippen molar-refractivity contribution in [3.63, 3.8) is 0 Å². The number of aryl methyl sites for hydroxylation is 1. The lowest BCUT2D eigenvalue weighted by Gasteiger charge is -2.17. The lowest BCUT2D eigenvalue weighted by molar-refractivity contribution is -0.143. The summed E-state index contributed by atoms with van der Waals surface area (Å²) in [6.07, 6.45) is 0.562. The largest absolute Gasteiger partial charge is 0.467 e. The number of aromatic nitrogens is 2. The predicted molar refractivity (Wildman–Crippen MR) is 81.6 cm³/mol. The van der Waals surface area contributed by atoms with Crippen LogP contribution >= 0.6 is 11.6 Å². The summed E-state index contributed by atoms with van der Waals surface area (Å²) < 4.78 is 18.6. The van der Waals surface area contributed by atoms with Gasteiger partial charge in [0.25, 0.3) is 5.91 Å². The summed E-state index contributed by atoms with van der Waals surface area (Å²) in [6.45, 7) is 1.84. The van der Waals surface area contributed by atoms with Crippen LogP contribution in [0.3, 0.4) is 0 Å². The molecule has 6 nitrogen and oxygen atoms in total. The number of benzene rings is 1. The first-order chi connectivity index (χ1) is 11.0. The van der Waals surface area contributed by atoms with Gasteiger partial charge in [-0.25, -0.2) is 9.18 Å². The minimum absolute atomic E-state index is 0.00456. The van der Waals surface area contributed by atoms with E-state index >= 15 is 0 Å². The zero-order valence-electron chi connectivity index (χ0n) is 12.5. The number of hydrogen-bond donors (Lipinski definition) is 2. The molecule has 1 aromatic carbocycles. The molecule has 0 saturated heterocycles. The quantitative estimate of drug-likeness (QED) is 0.819. The Kier molecular flexibility index (Phi) is 5.33. The summed E-state index contributed by atoms with van der Waals surface area (Å²) in [5.41, 5.74) is 0.529. The number of carbonyl (C=O) groups is 2. The molecule has 0 aliphatic heterocycles. The van der Waals surface area contributed by atoms with Crippen LogP contribution in [-0.4, -0.2) is 29.2 Å². The van der Waals surface area contributed by atoms with E-state index in [2.05, 4.69) is 20.3 Å². The molecule has 1 atom stereocenters. The molecule has 1 amide bonds. The van der Waals surface area contributed by atoms with Gasteiger partial charge < -0.3 is 10.1 Å². The maximum atomic E-state index is 13.9. The topological polar surface area (TPSA) is 84.1 Å². The van der Waals surface area contributed by atoms with Crippen LogP contribution in [0.25, 0.3) is 0 Å². The van der Waals surface area contributed by atoms with Crippen molar-refractivity contribution in [1.29, 1.82) is 0 Å². The van der Waals surface area contributed by atoms with Crippen LogP contribution in [0.2, 0.25) is 5.02 Å². The second-order valence-corrected chi connectivity index (χ2v) is 5.05. The fourth-order valence-corrected chi connectivity index (χ4v) is 2.34. The fourth-order valence-electron chi connectivity index (χ4n) is 2.04. The van der Waals surface area contributed by atoms with Crippen LogP contribution < -0.4 is 5.32 Å². The average molecular weight is 340 g/mol. The molecule has 0 aliphatic carbocycles. The van der Waals surface area contributed by atoms with E-state index in [9.17, 15) is 14.0 Å². The van der Waals surface area contributed by atoms with Gasteiger partial charge in [-0.2, -0.15) is 5.10 Å². The molecule has 2 N–H and O–H groups in total. The number of methoxy groups -OCH3 is 1. The zero-order valence-corrected chi connectivity index (χ0v) is 13.3. The highest BCUT2D eigenvalue weighted by atomic mass is 35.5. The zero-order chi connectivity index (χ0) is 17.0. The van der Waals surface area contributed by atoms with E-state index in [0.29, 0.717) is 12.1 Å². The van der Waals surface area contributed by atoms with E-state index in [1.165, 1.54) is 18.2 Å². The fraction of sp³-hybridized carbons (Fsp3) is 0.267. The first kappa shape index (κ1) is 17.0. The number of rotatable bonds is 5. The second kappa shape index (κ2) is 7.23. The van der Waals surface area contributed by atoms with E-state index in [1.54, 1.807) is 6.07 Å². The Hall–Kier alpha value is -2.41. The Balaban J connectivity index is 2.31. The summed E-state index contributed by atoms with van der Waals surface area (Å²) in [4.78, 5) is 24.2. The van der Waals surface area contributed by atoms with Crippen LogP contribution in [0.5, 0.6) is 0 Å². The van der Waals surface area contributed by atoms with Crippen LogP contribution in [0.15, 0.2) is 24.3 Å². The van der Waals surface area contributed by atoms with Crippen molar-refractivity contribution in [2.45, 2.75) is 19.4 Å². The molecule has 1 aromatic heterocycles. The van der Waals surface area contributed by atoms with Crippen LogP contribution in [0, 0.1) is 5.82 Å². The number of hydrogen-bond acceptors (Lipinski definition) is 4. The van der Waals surface area contributed by atoms with Gasteiger partial charge in [0, 0.05) is 5.56 Å². The highest BCUT2D eigenvalue weighted by Gasteiger charge is 2.28. The molecule has 23 heavy (non-hydrogen) atoms. The molecule has 0 spiro atoms. The molecule has 2 aromatic rings. The number of halogens is 2. The number of ether oxygens (including phenoxy) is 1. The molecule has 0 aliphatic rings. The Morgan fingerprint density at radius 2 is 2.13 bits per heavy atom. The van der Waals surface area contributed by atoms with Crippen molar-refractivity contribution in [3.8, 4) is 0 Å². The number of esters is 1. The third kappa shape index (κ3) is 3.50. The van der Waals surface area contributed by atoms with Gasteiger partial charge in [-0.05, 0) is 12.5 Å². The van der Waals surface area contributed by atoms with Gasteiger partial charge in [-0.3, -0.25) is 9.89 Å². The van der Waals surface area contributed by atoms with Crippen LogP contribution in [-0.2, 0) is 16.0 Å². The molecule has 2 rings (SSSR count). The number of nitrogens with one attached hydrogen (secondary N) is 2. The summed E-state index contributed by atoms with van der Waals surface area (Å²) in [6, 6.07) is 4.31. The SMILES string of the molecule is CCc1[nH]nc(C(=O)N[C@H](C(=O)OC)c2ccccc2F)c1Cl. The van der Waals surface area contributed by atoms with Crippen molar-refractivity contribution in [2.24, 2.45) is 0 Å². The molecular weight excluding hydrogens is 325 g/mol. The maximum Gasteiger partial charge on any atom is 0.333 e. The maximum absolute atomic E-state index is 13.9. The minimum Gasteiger partial charge on any atom is -0.467 e. The van der Waals surface area contributed by atoms with Gasteiger partial charge in [-0.1, -0.05) is 36.7 Å². The van der Waals surface area contributed by atoms with Crippen molar-refractivity contribution in [3.05, 3.63) is 52.1 Å². The van der Waals surface area contributed by atoms with E-state index < -0.39 is 23.7 Å². The van der Waals surface area contributed by atoms with Crippen LogP contribution in [0.4, 0.5) is 4.39 Å². The summed E-state index contributed by atoms with van der Waals surface area (Å²) >= 11 is 6.05. The normalized spacial score (nSPS) is 11.8. The molecule has 8 heteroatoms. The smallest absolute Gasteiger partial charge is 0.333 e. The van der Waals surface area contributed by atoms with Gasteiger partial charge in [0.15, 0.2) is 11.7 Å². The third-order valence-electron chi connectivity index (χ3n) is 3.27. The predicted octanol–water partition coefficient (Wildman–Crippen LogP) is 2.41. The Labute approximate surface area is 137 Å². The lowest BCUT2D eigenvalue weighted by atomic mass is 10.1. The minimum atomic E-state index is -1.30. The van der Waals surface area contributed by atoms with Crippen molar-refractivity contribution < 1.29 is 18.7 Å². The number of H-pyrrole nitrogens is 1. The van der Waals surface area contributed by atoms with Gasteiger partial charge >= 0.3 is 5.97 Å². The number of amides is 1. The molecule has 0 bridgehead atoms. The summed E-state index contributed by atoms with van der Waals surface area (Å²) in [5.74, 6) is -2.14. The third-order valence-corrected chi connectivity index (χ3v) is 3.68. The first-order valence-electron chi connectivity index (χ1n) is 6.85. The molecule has 0 fully saturated rings. The van der Waals surface area contributed by atoms with E-state index in [4.69, 9.17) is 11.6 Å². The Morgan fingerprint density at radius 1 is 1.43 bits per heavy atom. The molecule has 1 heterocycles. The summed E-state index contributed by atoms with van der Waals surface area (Å²) in [7, 11) is 1.15. The highest BCUT2D eigenvalue weighted by molar-refractivity contribution is 6.34. The van der Waals surface area contributed by atoms with Crippen molar-refractivity contribution >= 4 is 23.5 Å². The highest BCUT2D eigenvalue weighted by Crippen LogP contribution is 2.22. The van der Waals surface area contributed by atoms with Gasteiger partial charge in [0.05, 0.1) is 17.8 Å². The molecule has 0 saturated carbocycles. The second-order valence-electron chi connectivity index (χ2n) is 4.67. The average Bonchev–Trinajstić information content (AvgIpc) is 2.93. The molecule has 122 valence electrons. The van der Waals surface area contributed by atoms with Crippen molar-refractivity contribution in [2.75, 3.05) is 7.11 Å². The van der Waals surface area contributed by atoms with E-state index in [0.717, 1.165) is 7.11 Å². The standard InChI is InChI=1S/C15H15ClFN3O3/c1-3-10-11(16)13(20-19-10)14(21)18-12(15(22)23-2)8-6-4-5-7-9(8)17/h4-7,12H,3H2,1-2H3,(H,18,21)(H,19,20)/t12-/m0/s1. The lowest BCUT2D eigenvalue weighted by Crippen LogP contribution is -2.35. The molecule has 0 unspecified atom stereocenters. The Morgan fingerprint density at radius 3 is 2.70 bits per heavy atom. The number of aromatic amines is 1. The van der Waals surface area contributed by atoms with Gasteiger partial charge in [0.1, 0.15) is 5.82 Å². The Bertz CT molecular complexity index is 733. The molecular formula is C15H15ClFN3O3. The van der Waals surface area contributed by atoms with E-state index in [-0.39, 0.29) is 16.3 Å².